The van der Waals surface area contributed by atoms with Gasteiger partial charge < -0.3 is 4.90 Å². The molecule has 1 unspecified atom stereocenters. The zero-order chi connectivity index (χ0) is 17.3. The highest BCUT2D eigenvalue weighted by molar-refractivity contribution is 7.91. The van der Waals surface area contributed by atoms with Crippen LogP contribution in [0.2, 0.25) is 5.15 Å². The van der Waals surface area contributed by atoms with Crippen LogP contribution >= 0.6 is 11.6 Å². The molecule has 0 spiro atoms. The summed E-state index contributed by atoms with van der Waals surface area (Å²) in [7, 11) is -3.03. The van der Waals surface area contributed by atoms with Crippen molar-refractivity contribution in [3.63, 3.8) is 0 Å². The fourth-order valence-electron chi connectivity index (χ4n) is 3.00. The number of carbonyl (C=O) groups excluding carboxylic acids is 1. The number of hydrogen-bond acceptors (Lipinski definition) is 4. The van der Waals surface area contributed by atoms with Crippen molar-refractivity contribution in [3.8, 4) is 0 Å². The van der Waals surface area contributed by atoms with Crippen molar-refractivity contribution in [2.75, 3.05) is 18.1 Å². The summed E-state index contributed by atoms with van der Waals surface area (Å²) >= 11 is 6.14. The van der Waals surface area contributed by atoms with E-state index in [-0.39, 0.29) is 23.5 Å². The van der Waals surface area contributed by atoms with Crippen molar-refractivity contribution < 1.29 is 13.2 Å². The third-order valence-corrected chi connectivity index (χ3v) is 6.21. The van der Waals surface area contributed by atoms with Crippen LogP contribution in [0, 0.1) is 0 Å². The van der Waals surface area contributed by atoms with E-state index in [4.69, 9.17) is 11.6 Å². The minimum atomic E-state index is -3.03. The fourth-order valence-corrected chi connectivity index (χ4v) is 4.97. The second kappa shape index (κ2) is 6.57. The summed E-state index contributed by atoms with van der Waals surface area (Å²) in [6.07, 6.45) is 5.36. The Bertz CT molecular complexity index is 904. The van der Waals surface area contributed by atoms with Gasteiger partial charge in [0.1, 0.15) is 5.65 Å². The number of pyridine rings is 1. The van der Waals surface area contributed by atoms with Gasteiger partial charge in [0.05, 0.1) is 17.2 Å². The summed E-state index contributed by atoms with van der Waals surface area (Å²) in [4.78, 5) is 18.3. The molecule has 1 fully saturated rings. The summed E-state index contributed by atoms with van der Waals surface area (Å²) in [5.41, 5.74) is 1.32. The average Bonchev–Trinajstić information content (AvgIpc) is 3.05. The molecular weight excluding hydrogens is 350 g/mol. The van der Waals surface area contributed by atoms with Crippen LogP contribution in [0.3, 0.4) is 0 Å². The molecule has 128 valence electrons. The van der Waals surface area contributed by atoms with Gasteiger partial charge in [0, 0.05) is 24.9 Å². The van der Waals surface area contributed by atoms with Gasteiger partial charge in [-0.15, -0.1) is 0 Å². The monoisotopic (exact) mass is 367 g/mol. The Hall–Kier alpha value is -1.86. The predicted molar refractivity (Wildman–Crippen MR) is 93.7 cm³/mol. The molecule has 0 radical (unpaired) electrons. The van der Waals surface area contributed by atoms with E-state index in [1.54, 1.807) is 15.4 Å². The number of carbonyl (C=O) groups is 1. The predicted octanol–water partition coefficient (Wildman–Crippen LogP) is 2.04. The van der Waals surface area contributed by atoms with Gasteiger partial charge in [-0.25, -0.2) is 13.4 Å². The number of likely N-dealkylation sites (N-methyl/N-ethyl adjacent to an activating group) is 1. The molecular formula is C16H18ClN3O3S. The molecule has 0 saturated carbocycles. The first-order chi connectivity index (χ1) is 11.4. The van der Waals surface area contributed by atoms with E-state index in [2.05, 4.69) is 4.98 Å². The number of hydrogen-bond donors (Lipinski definition) is 0. The molecule has 1 amide bonds. The summed E-state index contributed by atoms with van der Waals surface area (Å²) in [6, 6.07) is 5.28. The van der Waals surface area contributed by atoms with Crippen LogP contribution in [0.4, 0.5) is 0 Å². The van der Waals surface area contributed by atoms with E-state index < -0.39 is 9.84 Å². The summed E-state index contributed by atoms with van der Waals surface area (Å²) in [6.45, 7) is 2.31. The van der Waals surface area contributed by atoms with Crippen LogP contribution in [-0.2, 0) is 14.6 Å². The number of nitrogens with zero attached hydrogens (tertiary/aromatic N) is 3. The van der Waals surface area contributed by atoms with Crippen LogP contribution in [-0.4, -0.2) is 52.7 Å². The second-order valence-electron chi connectivity index (χ2n) is 5.73. The zero-order valence-electron chi connectivity index (χ0n) is 13.2. The summed E-state index contributed by atoms with van der Waals surface area (Å²) in [5, 5.41) is 0.316. The molecule has 8 heteroatoms. The maximum atomic E-state index is 12.5. The zero-order valence-corrected chi connectivity index (χ0v) is 14.8. The maximum absolute atomic E-state index is 12.5. The van der Waals surface area contributed by atoms with Crippen molar-refractivity contribution in [1.29, 1.82) is 0 Å². The minimum Gasteiger partial charge on any atom is -0.335 e. The molecule has 2 aromatic heterocycles. The first kappa shape index (κ1) is 17.0. The molecule has 0 aliphatic carbocycles. The number of sulfone groups is 1. The average molecular weight is 368 g/mol. The lowest BCUT2D eigenvalue weighted by atomic mass is 10.2. The van der Waals surface area contributed by atoms with Gasteiger partial charge in [0.2, 0.25) is 5.91 Å². The Morgan fingerprint density at radius 3 is 2.96 bits per heavy atom. The number of aromatic nitrogens is 2. The van der Waals surface area contributed by atoms with Crippen LogP contribution in [0.15, 0.2) is 30.5 Å². The molecule has 3 rings (SSSR count). The quantitative estimate of drug-likeness (QED) is 0.775. The van der Waals surface area contributed by atoms with Crippen LogP contribution in [0.5, 0.6) is 0 Å². The Morgan fingerprint density at radius 2 is 2.29 bits per heavy atom. The third kappa shape index (κ3) is 3.32. The molecule has 2 aromatic rings. The number of fused-ring (bicyclic) bond motifs is 1. The van der Waals surface area contributed by atoms with Gasteiger partial charge in [-0.1, -0.05) is 17.7 Å². The Balaban J connectivity index is 1.82. The van der Waals surface area contributed by atoms with E-state index in [9.17, 15) is 13.2 Å². The van der Waals surface area contributed by atoms with Gasteiger partial charge >= 0.3 is 0 Å². The van der Waals surface area contributed by atoms with Crippen LogP contribution < -0.4 is 0 Å². The SMILES string of the molecule is CCN(C(=O)/C=C/c1c(Cl)nc2ccccn12)C1CCS(=O)(=O)C1. The van der Waals surface area contributed by atoms with E-state index in [0.29, 0.717) is 29.5 Å². The molecule has 1 aliphatic rings. The molecule has 0 aromatic carbocycles. The molecule has 1 aliphatic heterocycles. The summed E-state index contributed by atoms with van der Waals surface area (Å²) < 4.78 is 25.1. The van der Waals surface area contributed by atoms with Gasteiger partial charge in [0.15, 0.2) is 15.0 Å². The number of rotatable bonds is 4. The highest BCUT2D eigenvalue weighted by Crippen LogP contribution is 2.21. The lowest BCUT2D eigenvalue weighted by Gasteiger charge is -2.25. The number of amides is 1. The van der Waals surface area contributed by atoms with Crippen LogP contribution in [0.1, 0.15) is 19.0 Å². The Kier molecular flexibility index (Phi) is 4.64. The molecule has 1 saturated heterocycles. The van der Waals surface area contributed by atoms with Gasteiger partial charge in [-0.05, 0) is 31.6 Å². The summed E-state index contributed by atoms with van der Waals surface area (Å²) in [5.74, 6) is -0.0392. The molecule has 24 heavy (non-hydrogen) atoms. The van der Waals surface area contributed by atoms with E-state index >= 15 is 0 Å². The molecule has 0 bridgehead atoms. The van der Waals surface area contributed by atoms with Crippen LogP contribution in [0.25, 0.3) is 11.7 Å². The van der Waals surface area contributed by atoms with Crippen molar-refractivity contribution in [2.24, 2.45) is 0 Å². The van der Waals surface area contributed by atoms with Gasteiger partial charge in [-0.3, -0.25) is 9.20 Å². The van der Waals surface area contributed by atoms with Gasteiger partial charge in [-0.2, -0.15) is 0 Å². The molecule has 0 N–H and O–H groups in total. The number of imidazole rings is 1. The van der Waals surface area contributed by atoms with Crippen molar-refractivity contribution in [3.05, 3.63) is 41.3 Å². The second-order valence-corrected chi connectivity index (χ2v) is 8.32. The fraction of sp³-hybridized carbons (Fsp3) is 0.375. The van der Waals surface area contributed by atoms with E-state index in [0.717, 1.165) is 0 Å². The Labute approximate surface area is 145 Å². The van der Waals surface area contributed by atoms with E-state index in [1.807, 2.05) is 31.3 Å². The molecule has 1 atom stereocenters. The van der Waals surface area contributed by atoms with Crippen molar-refractivity contribution >= 4 is 39.1 Å². The highest BCUT2D eigenvalue weighted by Gasteiger charge is 2.33. The first-order valence-corrected chi connectivity index (χ1v) is 9.93. The topological polar surface area (TPSA) is 71.8 Å². The van der Waals surface area contributed by atoms with Crippen molar-refractivity contribution in [1.82, 2.24) is 14.3 Å². The maximum Gasteiger partial charge on any atom is 0.246 e. The first-order valence-electron chi connectivity index (χ1n) is 7.73. The lowest BCUT2D eigenvalue weighted by molar-refractivity contribution is -0.127. The Morgan fingerprint density at radius 1 is 1.50 bits per heavy atom. The standard InChI is InChI=1S/C16H18ClN3O3S/c1-2-19(12-8-10-24(22,23)11-12)15(21)7-6-13-16(17)18-14-5-3-4-9-20(13)14/h3-7,9,12H,2,8,10-11H2,1H3/b7-6+. The highest BCUT2D eigenvalue weighted by atomic mass is 35.5. The molecule has 3 heterocycles. The lowest BCUT2D eigenvalue weighted by Crippen LogP contribution is -2.40. The normalized spacial score (nSPS) is 20.0. The van der Waals surface area contributed by atoms with Crippen molar-refractivity contribution in [2.45, 2.75) is 19.4 Å². The van der Waals surface area contributed by atoms with E-state index in [1.165, 1.54) is 6.08 Å². The minimum absolute atomic E-state index is 0.0385. The van der Waals surface area contributed by atoms with Gasteiger partial charge in [0.25, 0.3) is 0 Å². The smallest absolute Gasteiger partial charge is 0.246 e. The number of halogens is 1. The third-order valence-electron chi connectivity index (χ3n) is 4.18. The largest absolute Gasteiger partial charge is 0.335 e. The molecule has 6 nitrogen and oxygen atoms in total.